The predicted molar refractivity (Wildman–Crippen MR) is 114 cm³/mol. The Morgan fingerprint density at radius 2 is 1.83 bits per heavy atom. The smallest absolute Gasteiger partial charge is 0.337 e. The zero-order valence-electron chi connectivity index (χ0n) is 17.3. The number of unbranched alkanes of at least 4 members (excludes halogenated alkanes) is 2. The molecule has 156 valence electrons. The number of carbonyl (C=O) groups is 2. The summed E-state index contributed by atoms with van der Waals surface area (Å²) in [5.41, 5.74) is 2.63. The number of carboxylic acid groups (broad SMARTS) is 1. The van der Waals surface area contributed by atoms with Crippen molar-refractivity contribution in [2.24, 2.45) is 0 Å². The van der Waals surface area contributed by atoms with Crippen LogP contribution < -0.4 is 0 Å². The Morgan fingerprint density at radius 3 is 2.50 bits per heavy atom. The van der Waals surface area contributed by atoms with Crippen molar-refractivity contribution < 1.29 is 14.7 Å². The summed E-state index contributed by atoms with van der Waals surface area (Å²) in [5.74, 6) is -0.00972. The summed E-state index contributed by atoms with van der Waals surface area (Å²) in [7, 11) is 0. The first kappa shape index (κ1) is 21.4. The monoisotopic (exact) mass is 406 g/mol. The molecule has 0 atom stereocenters. The van der Waals surface area contributed by atoms with Crippen LogP contribution in [0.25, 0.3) is 11.1 Å². The number of aromatic carboxylic acids is 1. The lowest BCUT2D eigenvalue weighted by atomic mass is 10.00. The third kappa shape index (κ3) is 4.97. The molecular formula is C23H26N4O3. The van der Waals surface area contributed by atoms with E-state index in [4.69, 9.17) is 0 Å². The van der Waals surface area contributed by atoms with E-state index in [2.05, 4.69) is 22.0 Å². The molecule has 2 heterocycles. The first-order valence-corrected chi connectivity index (χ1v) is 10.3. The first-order valence-electron chi connectivity index (χ1n) is 10.3. The Labute approximate surface area is 175 Å². The fourth-order valence-corrected chi connectivity index (χ4v) is 3.27. The largest absolute Gasteiger partial charge is 0.478 e. The van der Waals surface area contributed by atoms with Crippen molar-refractivity contribution in [2.75, 3.05) is 0 Å². The molecule has 0 aliphatic heterocycles. The lowest BCUT2D eigenvalue weighted by molar-refractivity contribution is 0.0697. The summed E-state index contributed by atoms with van der Waals surface area (Å²) >= 11 is 0. The van der Waals surface area contributed by atoms with E-state index in [1.54, 1.807) is 12.3 Å². The molecule has 30 heavy (non-hydrogen) atoms. The fourth-order valence-electron chi connectivity index (χ4n) is 3.27. The topological polar surface area (TPSA) is 98.0 Å². The number of aryl methyl sites for hydroxylation is 1. The van der Waals surface area contributed by atoms with E-state index in [1.807, 2.05) is 35.9 Å². The van der Waals surface area contributed by atoms with Gasteiger partial charge in [0, 0.05) is 31.8 Å². The molecule has 7 heteroatoms. The highest BCUT2D eigenvalue weighted by molar-refractivity contribution is 5.95. The SMILES string of the molecule is CCCCCn1nc(C(=O)CC)nc1Cc1ccc(-c2ccncc2C(=O)O)cc1. The second kappa shape index (κ2) is 9.91. The van der Waals surface area contributed by atoms with E-state index in [1.165, 1.54) is 6.20 Å². The maximum atomic E-state index is 12.1. The molecule has 1 N–H and O–H groups in total. The summed E-state index contributed by atoms with van der Waals surface area (Å²) in [6, 6.07) is 9.40. The number of ketones is 1. The minimum absolute atomic E-state index is 0.0558. The first-order chi connectivity index (χ1) is 14.5. The molecule has 0 aliphatic carbocycles. The van der Waals surface area contributed by atoms with Crippen LogP contribution in [0.4, 0.5) is 0 Å². The zero-order valence-corrected chi connectivity index (χ0v) is 17.3. The Bertz CT molecular complexity index is 1030. The Kier molecular flexibility index (Phi) is 7.06. The second-order valence-electron chi connectivity index (χ2n) is 7.16. The number of carbonyl (C=O) groups excluding carboxylic acids is 1. The third-order valence-corrected chi connectivity index (χ3v) is 4.97. The highest BCUT2D eigenvalue weighted by atomic mass is 16.4. The van der Waals surface area contributed by atoms with Crippen LogP contribution in [0.5, 0.6) is 0 Å². The van der Waals surface area contributed by atoms with E-state index < -0.39 is 5.97 Å². The lowest BCUT2D eigenvalue weighted by Crippen LogP contribution is -2.07. The van der Waals surface area contributed by atoms with Gasteiger partial charge in [-0.15, -0.1) is 5.10 Å². The molecule has 1 aromatic carbocycles. The molecule has 0 fully saturated rings. The predicted octanol–water partition coefficient (Wildman–Crippen LogP) is 4.41. The number of pyridine rings is 1. The van der Waals surface area contributed by atoms with Gasteiger partial charge in [0.15, 0.2) is 0 Å². The Hall–Kier alpha value is -3.35. The zero-order chi connectivity index (χ0) is 21.5. The van der Waals surface area contributed by atoms with Gasteiger partial charge in [0.25, 0.3) is 0 Å². The average Bonchev–Trinajstić information content (AvgIpc) is 3.16. The van der Waals surface area contributed by atoms with Crippen molar-refractivity contribution in [1.29, 1.82) is 0 Å². The molecule has 0 spiro atoms. The van der Waals surface area contributed by atoms with Crippen LogP contribution in [0.15, 0.2) is 42.7 Å². The summed E-state index contributed by atoms with van der Waals surface area (Å²) in [6.45, 7) is 4.70. The van der Waals surface area contributed by atoms with Gasteiger partial charge < -0.3 is 5.11 Å². The van der Waals surface area contributed by atoms with Crippen LogP contribution in [0.2, 0.25) is 0 Å². The normalized spacial score (nSPS) is 10.9. The van der Waals surface area contributed by atoms with Gasteiger partial charge in [-0.2, -0.15) is 0 Å². The minimum atomic E-state index is -1.00. The molecule has 3 rings (SSSR count). The minimum Gasteiger partial charge on any atom is -0.478 e. The number of carboxylic acids is 1. The van der Waals surface area contributed by atoms with Gasteiger partial charge >= 0.3 is 5.97 Å². The van der Waals surface area contributed by atoms with Crippen molar-refractivity contribution >= 4 is 11.8 Å². The van der Waals surface area contributed by atoms with Crippen molar-refractivity contribution in [3.05, 3.63) is 65.5 Å². The summed E-state index contributed by atoms with van der Waals surface area (Å²) in [4.78, 5) is 31.9. The maximum Gasteiger partial charge on any atom is 0.337 e. The number of benzene rings is 1. The second-order valence-corrected chi connectivity index (χ2v) is 7.16. The summed E-state index contributed by atoms with van der Waals surface area (Å²) in [5, 5.41) is 13.8. The molecule has 2 aromatic heterocycles. The molecular weight excluding hydrogens is 380 g/mol. The summed E-state index contributed by atoms with van der Waals surface area (Å²) < 4.78 is 1.85. The Balaban J connectivity index is 1.83. The van der Waals surface area contributed by atoms with Crippen molar-refractivity contribution in [3.63, 3.8) is 0 Å². The van der Waals surface area contributed by atoms with Gasteiger partial charge in [-0.25, -0.2) is 14.5 Å². The molecule has 0 unspecified atom stereocenters. The van der Waals surface area contributed by atoms with E-state index in [0.29, 0.717) is 18.4 Å². The van der Waals surface area contributed by atoms with Crippen molar-refractivity contribution in [3.8, 4) is 11.1 Å². The van der Waals surface area contributed by atoms with Gasteiger partial charge in [0.2, 0.25) is 11.6 Å². The molecule has 3 aromatic rings. The molecule has 0 saturated carbocycles. The van der Waals surface area contributed by atoms with Crippen LogP contribution in [0.1, 0.15) is 71.9 Å². The van der Waals surface area contributed by atoms with E-state index in [-0.39, 0.29) is 17.2 Å². The number of aromatic nitrogens is 4. The number of rotatable bonds is 10. The number of Topliss-reactive ketones (excluding diaryl/α,β-unsaturated/α-hetero) is 1. The molecule has 0 aliphatic rings. The number of hydrogen-bond donors (Lipinski definition) is 1. The van der Waals surface area contributed by atoms with Crippen LogP contribution >= 0.6 is 0 Å². The van der Waals surface area contributed by atoms with E-state index >= 15 is 0 Å². The third-order valence-electron chi connectivity index (χ3n) is 4.97. The van der Waals surface area contributed by atoms with Gasteiger partial charge in [-0.3, -0.25) is 9.78 Å². The molecule has 0 bridgehead atoms. The van der Waals surface area contributed by atoms with Gasteiger partial charge in [0.05, 0.1) is 5.56 Å². The average molecular weight is 406 g/mol. The number of nitrogens with zero attached hydrogens (tertiary/aromatic N) is 4. The molecule has 0 amide bonds. The van der Waals surface area contributed by atoms with Gasteiger partial charge in [-0.1, -0.05) is 51.0 Å². The standard InChI is InChI=1S/C23H26N4O3/c1-3-5-6-13-27-21(25-22(26-27)20(28)4-2)14-16-7-9-17(10-8-16)18-11-12-24-15-19(18)23(29)30/h7-12,15H,3-6,13-14H2,1-2H3,(H,29,30). The highest BCUT2D eigenvalue weighted by Gasteiger charge is 2.16. The van der Waals surface area contributed by atoms with Crippen LogP contribution in [0.3, 0.4) is 0 Å². The molecule has 7 nitrogen and oxygen atoms in total. The molecule has 0 saturated heterocycles. The van der Waals surface area contributed by atoms with E-state index in [0.717, 1.165) is 42.8 Å². The van der Waals surface area contributed by atoms with Gasteiger partial charge in [0.1, 0.15) is 5.82 Å². The van der Waals surface area contributed by atoms with Crippen LogP contribution in [0, 0.1) is 0 Å². The Morgan fingerprint density at radius 1 is 1.07 bits per heavy atom. The fraction of sp³-hybridized carbons (Fsp3) is 0.348. The van der Waals surface area contributed by atoms with Crippen molar-refractivity contribution in [1.82, 2.24) is 19.7 Å². The number of hydrogen-bond acceptors (Lipinski definition) is 5. The van der Waals surface area contributed by atoms with Crippen molar-refractivity contribution in [2.45, 2.75) is 52.5 Å². The molecule has 0 radical (unpaired) electrons. The van der Waals surface area contributed by atoms with Gasteiger partial charge in [-0.05, 0) is 29.2 Å². The highest BCUT2D eigenvalue weighted by Crippen LogP contribution is 2.24. The maximum absolute atomic E-state index is 12.1. The summed E-state index contributed by atoms with van der Waals surface area (Å²) in [6.07, 6.45) is 7.08. The quantitative estimate of drug-likeness (QED) is 0.395. The van der Waals surface area contributed by atoms with E-state index in [9.17, 15) is 14.7 Å². The lowest BCUT2D eigenvalue weighted by Gasteiger charge is -2.08. The van der Waals surface area contributed by atoms with Crippen LogP contribution in [-0.2, 0) is 13.0 Å². The van der Waals surface area contributed by atoms with Crippen LogP contribution in [-0.4, -0.2) is 36.6 Å².